The van der Waals surface area contributed by atoms with E-state index in [1.54, 1.807) is 0 Å². The van der Waals surface area contributed by atoms with E-state index in [1.807, 2.05) is 0 Å². The standard InChI is InChI=1S/C22H31NO/c1-14-4-5-17(6-15(14)2)10-21(24)23-16(3)22-11-18-7-19(12-22)9-20(8-18)13-22/h4-6,16,18-20H,7-13H2,1-3H3,(H,23,24)/t16-,18?,19?,20?,22?/m0/s1. The van der Waals surface area contributed by atoms with E-state index in [0.29, 0.717) is 17.9 Å². The third-order valence-electron chi connectivity index (χ3n) is 7.32. The van der Waals surface area contributed by atoms with Crippen molar-refractivity contribution >= 4 is 5.91 Å². The van der Waals surface area contributed by atoms with Gasteiger partial charge >= 0.3 is 0 Å². The minimum absolute atomic E-state index is 0.196. The molecule has 1 atom stereocenters. The lowest BCUT2D eigenvalue weighted by Crippen LogP contribution is -2.56. The van der Waals surface area contributed by atoms with Gasteiger partial charge in [0.1, 0.15) is 0 Å². The van der Waals surface area contributed by atoms with Gasteiger partial charge in [-0.3, -0.25) is 4.79 Å². The number of aryl methyl sites for hydroxylation is 2. The molecule has 2 heteroatoms. The molecule has 2 nitrogen and oxygen atoms in total. The summed E-state index contributed by atoms with van der Waals surface area (Å²) in [5.41, 5.74) is 4.09. The SMILES string of the molecule is Cc1ccc(CC(=O)N[C@@H](C)C23CC4CC(CC(C4)C2)C3)cc1C. The Kier molecular flexibility index (Phi) is 3.97. The first kappa shape index (κ1) is 16.2. The zero-order valence-corrected chi connectivity index (χ0v) is 15.4. The lowest BCUT2D eigenvalue weighted by atomic mass is 9.48. The van der Waals surface area contributed by atoms with Gasteiger partial charge in [-0.05, 0) is 99.2 Å². The molecular weight excluding hydrogens is 294 g/mol. The van der Waals surface area contributed by atoms with Crippen LogP contribution in [0.1, 0.15) is 62.1 Å². The van der Waals surface area contributed by atoms with Crippen LogP contribution in [-0.2, 0) is 11.2 Å². The largest absolute Gasteiger partial charge is 0.353 e. The number of nitrogens with one attached hydrogen (secondary N) is 1. The topological polar surface area (TPSA) is 29.1 Å². The molecule has 0 aliphatic heterocycles. The van der Waals surface area contributed by atoms with Crippen molar-refractivity contribution < 1.29 is 4.79 Å². The van der Waals surface area contributed by atoms with Gasteiger partial charge in [-0.25, -0.2) is 0 Å². The second-order valence-corrected chi connectivity index (χ2v) is 9.16. The molecule has 24 heavy (non-hydrogen) atoms. The van der Waals surface area contributed by atoms with Gasteiger partial charge in [0.2, 0.25) is 5.91 Å². The summed E-state index contributed by atoms with van der Waals surface area (Å²) in [5.74, 6) is 3.02. The van der Waals surface area contributed by atoms with Crippen molar-refractivity contribution in [3.8, 4) is 0 Å². The van der Waals surface area contributed by atoms with Crippen LogP contribution in [-0.4, -0.2) is 11.9 Å². The number of carbonyl (C=O) groups excluding carboxylic acids is 1. The maximum atomic E-state index is 12.6. The molecule has 0 unspecified atom stereocenters. The Hall–Kier alpha value is -1.31. The lowest BCUT2D eigenvalue weighted by molar-refractivity contribution is -0.125. The number of amides is 1. The van der Waals surface area contributed by atoms with Crippen molar-refractivity contribution in [2.45, 2.75) is 71.8 Å². The Morgan fingerprint density at radius 3 is 2.21 bits per heavy atom. The maximum absolute atomic E-state index is 12.6. The van der Waals surface area contributed by atoms with Gasteiger partial charge in [-0.15, -0.1) is 0 Å². The highest BCUT2D eigenvalue weighted by atomic mass is 16.1. The van der Waals surface area contributed by atoms with Crippen LogP contribution in [0.2, 0.25) is 0 Å². The third-order valence-corrected chi connectivity index (χ3v) is 7.32. The molecule has 4 aliphatic carbocycles. The number of hydrogen-bond acceptors (Lipinski definition) is 1. The molecule has 0 saturated heterocycles. The summed E-state index contributed by atoms with van der Waals surface area (Å²) in [5, 5.41) is 3.38. The number of rotatable bonds is 4. The van der Waals surface area contributed by atoms with Crippen LogP contribution >= 0.6 is 0 Å². The van der Waals surface area contributed by atoms with Crippen molar-refractivity contribution in [2.75, 3.05) is 0 Å². The van der Waals surface area contributed by atoms with Gasteiger partial charge in [-0.2, -0.15) is 0 Å². The van der Waals surface area contributed by atoms with E-state index in [1.165, 1.54) is 49.7 Å². The van der Waals surface area contributed by atoms with Crippen molar-refractivity contribution in [3.63, 3.8) is 0 Å². The third kappa shape index (κ3) is 2.89. The second kappa shape index (κ2) is 5.89. The van der Waals surface area contributed by atoms with Crippen LogP contribution in [0, 0.1) is 37.0 Å². The molecule has 4 saturated carbocycles. The summed E-state index contributed by atoms with van der Waals surface area (Å²) < 4.78 is 0. The van der Waals surface area contributed by atoms with Crippen LogP contribution in [0.25, 0.3) is 0 Å². The molecule has 4 fully saturated rings. The summed E-state index contributed by atoms with van der Waals surface area (Å²) >= 11 is 0. The second-order valence-electron chi connectivity index (χ2n) is 9.16. The summed E-state index contributed by atoms with van der Waals surface area (Å²) in [6, 6.07) is 6.70. The highest BCUT2D eigenvalue weighted by Crippen LogP contribution is 2.61. The van der Waals surface area contributed by atoms with E-state index in [9.17, 15) is 4.79 Å². The summed E-state index contributed by atoms with van der Waals surface area (Å²) in [7, 11) is 0. The highest BCUT2D eigenvalue weighted by Gasteiger charge is 2.53. The Morgan fingerprint density at radius 1 is 1.08 bits per heavy atom. The zero-order valence-electron chi connectivity index (χ0n) is 15.4. The molecule has 5 rings (SSSR count). The van der Waals surface area contributed by atoms with Crippen molar-refractivity contribution in [1.29, 1.82) is 0 Å². The number of carbonyl (C=O) groups is 1. The van der Waals surface area contributed by atoms with Crippen LogP contribution in [0.4, 0.5) is 0 Å². The quantitative estimate of drug-likeness (QED) is 0.863. The van der Waals surface area contributed by atoms with Crippen molar-refractivity contribution in [2.24, 2.45) is 23.2 Å². The van der Waals surface area contributed by atoms with Gasteiger partial charge in [0.15, 0.2) is 0 Å². The zero-order chi connectivity index (χ0) is 16.9. The van der Waals surface area contributed by atoms with Gasteiger partial charge < -0.3 is 5.32 Å². The molecule has 4 aliphatic rings. The Morgan fingerprint density at radius 2 is 1.67 bits per heavy atom. The fourth-order valence-electron chi connectivity index (χ4n) is 6.25. The molecule has 0 radical (unpaired) electrons. The summed E-state index contributed by atoms with van der Waals surface area (Å²) in [4.78, 5) is 12.6. The fraction of sp³-hybridized carbons (Fsp3) is 0.682. The first-order chi connectivity index (χ1) is 11.4. The van der Waals surface area contributed by atoms with Crippen LogP contribution in [0.3, 0.4) is 0 Å². The van der Waals surface area contributed by atoms with Crippen LogP contribution < -0.4 is 5.32 Å². The smallest absolute Gasteiger partial charge is 0.224 e. The van der Waals surface area contributed by atoms with E-state index in [-0.39, 0.29) is 5.91 Å². The van der Waals surface area contributed by atoms with Gasteiger partial charge in [-0.1, -0.05) is 18.2 Å². The van der Waals surface area contributed by atoms with Gasteiger partial charge in [0, 0.05) is 6.04 Å². The Labute approximate surface area is 146 Å². The molecule has 130 valence electrons. The normalized spacial score (nSPS) is 35.0. The van der Waals surface area contributed by atoms with Crippen LogP contribution in [0.5, 0.6) is 0 Å². The summed E-state index contributed by atoms with van der Waals surface area (Å²) in [6.45, 7) is 6.51. The molecule has 4 bridgehead atoms. The van der Waals surface area contributed by atoms with E-state index in [0.717, 1.165) is 23.3 Å². The highest BCUT2D eigenvalue weighted by molar-refractivity contribution is 5.79. The molecule has 1 aromatic rings. The molecular formula is C22H31NO. The lowest BCUT2D eigenvalue weighted by Gasteiger charge is -2.59. The maximum Gasteiger partial charge on any atom is 0.224 e. The molecule has 1 amide bonds. The molecule has 0 spiro atoms. The first-order valence-corrected chi connectivity index (χ1v) is 9.79. The minimum atomic E-state index is 0.196. The molecule has 1 N–H and O–H groups in total. The fourth-order valence-corrected chi connectivity index (χ4v) is 6.25. The summed E-state index contributed by atoms with van der Waals surface area (Å²) in [6.07, 6.45) is 8.95. The Bertz CT molecular complexity index is 612. The van der Waals surface area contributed by atoms with Crippen LogP contribution in [0.15, 0.2) is 18.2 Å². The predicted molar refractivity (Wildman–Crippen MR) is 97.8 cm³/mol. The molecule has 0 heterocycles. The first-order valence-electron chi connectivity index (χ1n) is 9.79. The van der Waals surface area contributed by atoms with E-state index >= 15 is 0 Å². The Balaban J connectivity index is 1.41. The monoisotopic (exact) mass is 325 g/mol. The predicted octanol–water partition coefficient (Wildman–Crippen LogP) is 4.57. The minimum Gasteiger partial charge on any atom is -0.353 e. The van der Waals surface area contributed by atoms with Gasteiger partial charge in [0.25, 0.3) is 0 Å². The van der Waals surface area contributed by atoms with E-state index in [2.05, 4.69) is 44.3 Å². The molecule has 1 aromatic carbocycles. The molecule has 0 aromatic heterocycles. The van der Waals surface area contributed by atoms with Crippen molar-refractivity contribution in [3.05, 3.63) is 34.9 Å². The average molecular weight is 325 g/mol. The van der Waals surface area contributed by atoms with Crippen molar-refractivity contribution in [1.82, 2.24) is 5.32 Å². The van der Waals surface area contributed by atoms with E-state index < -0.39 is 0 Å². The average Bonchev–Trinajstić information content (AvgIpc) is 2.49. The number of hydrogen-bond donors (Lipinski definition) is 1. The number of benzene rings is 1. The van der Waals surface area contributed by atoms with E-state index in [4.69, 9.17) is 0 Å². The van der Waals surface area contributed by atoms with Gasteiger partial charge in [0.05, 0.1) is 6.42 Å².